The zero-order valence-corrected chi connectivity index (χ0v) is 34.6. The van der Waals surface area contributed by atoms with Gasteiger partial charge in [0.05, 0.1) is 0 Å². The van der Waals surface area contributed by atoms with Gasteiger partial charge in [0.25, 0.3) is 0 Å². The number of anilines is 3. The second kappa shape index (κ2) is 15.3. The highest BCUT2D eigenvalue weighted by Crippen LogP contribution is 2.40. The average Bonchev–Trinajstić information content (AvgIpc) is 3.36. The van der Waals surface area contributed by atoms with Crippen molar-refractivity contribution in [1.82, 2.24) is 0 Å². The van der Waals surface area contributed by atoms with Crippen molar-refractivity contribution >= 4 is 70.9 Å². The van der Waals surface area contributed by atoms with E-state index in [-0.39, 0.29) is 0 Å². The molecule has 0 fully saturated rings. The number of benzene rings is 12. The summed E-state index contributed by atoms with van der Waals surface area (Å²) in [6, 6.07) is 91.0. The van der Waals surface area contributed by atoms with Gasteiger partial charge in [-0.05, 0) is 147 Å². The van der Waals surface area contributed by atoms with Crippen LogP contribution in [0.5, 0.6) is 0 Å². The van der Waals surface area contributed by atoms with Crippen LogP contribution >= 0.6 is 0 Å². The molecule has 0 aliphatic carbocycles. The Balaban J connectivity index is 0.893. The molecule has 63 heavy (non-hydrogen) atoms. The van der Waals surface area contributed by atoms with Crippen molar-refractivity contribution in [3.8, 4) is 44.5 Å². The zero-order valence-electron chi connectivity index (χ0n) is 34.6. The van der Waals surface area contributed by atoms with Crippen LogP contribution in [0.15, 0.2) is 249 Å². The fraction of sp³-hybridized carbons (Fsp3) is 0. The van der Waals surface area contributed by atoms with Gasteiger partial charge in [-0.25, -0.2) is 0 Å². The number of hydrogen-bond donors (Lipinski definition) is 0. The third-order valence-corrected chi connectivity index (χ3v) is 12.9. The van der Waals surface area contributed by atoms with Crippen molar-refractivity contribution in [1.29, 1.82) is 0 Å². The van der Waals surface area contributed by atoms with Crippen LogP contribution in [0.25, 0.3) is 98.4 Å². The molecule has 0 saturated heterocycles. The lowest BCUT2D eigenvalue weighted by Gasteiger charge is -2.26. The van der Waals surface area contributed by atoms with Crippen LogP contribution in [0.3, 0.4) is 0 Å². The molecule has 0 radical (unpaired) electrons. The largest absolute Gasteiger partial charge is 0.311 e. The van der Waals surface area contributed by atoms with Crippen LogP contribution in [0.2, 0.25) is 0 Å². The minimum absolute atomic E-state index is 1.10. The molecule has 0 aliphatic heterocycles. The maximum Gasteiger partial charge on any atom is 0.0462 e. The lowest BCUT2D eigenvalue weighted by Crippen LogP contribution is -2.09. The van der Waals surface area contributed by atoms with Crippen molar-refractivity contribution in [3.05, 3.63) is 249 Å². The van der Waals surface area contributed by atoms with Crippen molar-refractivity contribution in [3.63, 3.8) is 0 Å². The Kier molecular flexibility index (Phi) is 8.90. The molecule has 0 spiro atoms. The summed E-state index contributed by atoms with van der Waals surface area (Å²) in [5, 5.41) is 12.7. The van der Waals surface area contributed by atoms with Crippen LogP contribution in [-0.2, 0) is 0 Å². The SMILES string of the molecule is c1ccc2cc(-c3ccc(-c4ccc(N(c5ccc(-c6ccc7c(ccc8ccccc87)c6)cc5)c5ccc(-c6cccc7c6ccc6ccccc67)cc5)cc4)cc3)ccc2c1. The quantitative estimate of drug-likeness (QED) is 0.145. The zero-order chi connectivity index (χ0) is 41.7. The molecule has 1 nitrogen and oxygen atoms in total. The minimum Gasteiger partial charge on any atom is -0.311 e. The predicted octanol–water partition coefficient (Wildman–Crippen LogP) is 17.6. The molecule has 12 rings (SSSR count). The van der Waals surface area contributed by atoms with E-state index >= 15 is 0 Å². The summed E-state index contributed by atoms with van der Waals surface area (Å²) in [5.41, 5.74) is 12.9. The Bertz CT molecular complexity index is 3640. The van der Waals surface area contributed by atoms with E-state index in [1.54, 1.807) is 0 Å². The Labute approximate surface area is 367 Å². The van der Waals surface area contributed by atoms with Gasteiger partial charge in [-0.2, -0.15) is 0 Å². The molecule has 1 heteroatoms. The van der Waals surface area contributed by atoms with Crippen LogP contribution in [0, 0.1) is 0 Å². The second-order valence-electron chi connectivity index (χ2n) is 16.5. The van der Waals surface area contributed by atoms with Crippen LogP contribution in [0.4, 0.5) is 17.1 Å². The molecule has 0 heterocycles. The van der Waals surface area contributed by atoms with E-state index in [4.69, 9.17) is 0 Å². The number of nitrogens with zero attached hydrogens (tertiary/aromatic N) is 1. The Morgan fingerprint density at radius 3 is 1.17 bits per heavy atom. The molecule has 0 bridgehead atoms. The van der Waals surface area contributed by atoms with Crippen LogP contribution in [-0.4, -0.2) is 0 Å². The molecule has 0 atom stereocenters. The summed E-state index contributed by atoms with van der Waals surface area (Å²) in [5.74, 6) is 0. The monoisotopic (exact) mass is 799 g/mol. The predicted molar refractivity (Wildman–Crippen MR) is 270 cm³/mol. The molecular formula is C62H41N. The third kappa shape index (κ3) is 6.68. The van der Waals surface area contributed by atoms with E-state index in [2.05, 4.69) is 254 Å². The normalized spacial score (nSPS) is 11.5. The van der Waals surface area contributed by atoms with Gasteiger partial charge in [0, 0.05) is 17.1 Å². The highest BCUT2D eigenvalue weighted by atomic mass is 15.1. The first-order chi connectivity index (χ1) is 31.2. The van der Waals surface area contributed by atoms with Gasteiger partial charge in [0.2, 0.25) is 0 Å². The number of hydrogen-bond acceptors (Lipinski definition) is 1. The summed E-state index contributed by atoms with van der Waals surface area (Å²) in [4.78, 5) is 2.36. The highest BCUT2D eigenvalue weighted by Gasteiger charge is 2.15. The summed E-state index contributed by atoms with van der Waals surface area (Å²) < 4.78 is 0. The van der Waals surface area contributed by atoms with Crippen molar-refractivity contribution < 1.29 is 0 Å². The average molecular weight is 800 g/mol. The highest BCUT2D eigenvalue weighted by molar-refractivity contribution is 6.12. The topological polar surface area (TPSA) is 3.24 Å². The smallest absolute Gasteiger partial charge is 0.0462 e. The summed E-state index contributed by atoms with van der Waals surface area (Å²) in [6.07, 6.45) is 0. The van der Waals surface area contributed by atoms with E-state index in [0.29, 0.717) is 0 Å². The fourth-order valence-corrected chi connectivity index (χ4v) is 9.55. The van der Waals surface area contributed by atoms with E-state index in [1.165, 1.54) is 98.4 Å². The molecule has 0 saturated carbocycles. The van der Waals surface area contributed by atoms with E-state index in [1.807, 2.05) is 0 Å². The maximum atomic E-state index is 2.36. The van der Waals surface area contributed by atoms with Gasteiger partial charge in [-0.15, -0.1) is 0 Å². The molecule has 0 N–H and O–H groups in total. The summed E-state index contributed by atoms with van der Waals surface area (Å²) in [7, 11) is 0. The number of fused-ring (bicyclic) bond motifs is 7. The van der Waals surface area contributed by atoms with E-state index < -0.39 is 0 Å². The molecule has 12 aromatic rings. The van der Waals surface area contributed by atoms with Gasteiger partial charge in [0.1, 0.15) is 0 Å². The van der Waals surface area contributed by atoms with Gasteiger partial charge in [-0.3, -0.25) is 0 Å². The van der Waals surface area contributed by atoms with Crippen molar-refractivity contribution in [2.45, 2.75) is 0 Å². The van der Waals surface area contributed by atoms with Crippen molar-refractivity contribution in [2.24, 2.45) is 0 Å². The van der Waals surface area contributed by atoms with Crippen LogP contribution in [0.1, 0.15) is 0 Å². The molecule has 0 aromatic heterocycles. The molecule has 0 aliphatic rings. The standard InChI is InChI=1S/C62H41N/c1-2-11-50-40-51(22-20-42(50)8-1)45-18-16-43(17-19-45)44-24-32-54(33-25-44)63(55-34-26-46(27-35-55)52-31-38-60-53(41-52)23-21-47-9-3-5-12-57(47)60)56-36-28-49(29-37-56)59-14-7-15-61-58-13-6-4-10-48(58)30-39-62(59)61/h1-41H. The Morgan fingerprint density at radius 2 is 0.556 bits per heavy atom. The maximum absolute atomic E-state index is 2.36. The number of rotatable bonds is 7. The van der Waals surface area contributed by atoms with Gasteiger partial charge >= 0.3 is 0 Å². The minimum atomic E-state index is 1.10. The molecular weight excluding hydrogens is 759 g/mol. The Morgan fingerprint density at radius 1 is 0.190 bits per heavy atom. The first-order valence-electron chi connectivity index (χ1n) is 21.7. The van der Waals surface area contributed by atoms with Gasteiger partial charge in [-0.1, -0.05) is 200 Å². The lowest BCUT2D eigenvalue weighted by molar-refractivity contribution is 1.28. The van der Waals surface area contributed by atoms with Gasteiger partial charge < -0.3 is 4.90 Å². The third-order valence-electron chi connectivity index (χ3n) is 12.9. The van der Waals surface area contributed by atoms with Crippen molar-refractivity contribution in [2.75, 3.05) is 4.90 Å². The molecule has 0 amide bonds. The Hall–Kier alpha value is -8.26. The summed E-state index contributed by atoms with van der Waals surface area (Å²) in [6.45, 7) is 0. The summed E-state index contributed by atoms with van der Waals surface area (Å²) >= 11 is 0. The molecule has 12 aromatic carbocycles. The lowest BCUT2D eigenvalue weighted by atomic mass is 9.94. The second-order valence-corrected chi connectivity index (χ2v) is 16.5. The first-order valence-corrected chi connectivity index (χ1v) is 21.7. The first kappa shape index (κ1) is 36.6. The van der Waals surface area contributed by atoms with E-state index in [9.17, 15) is 0 Å². The fourth-order valence-electron chi connectivity index (χ4n) is 9.55. The van der Waals surface area contributed by atoms with Crippen LogP contribution < -0.4 is 4.90 Å². The molecule has 294 valence electrons. The molecule has 0 unspecified atom stereocenters. The van der Waals surface area contributed by atoms with Gasteiger partial charge in [0.15, 0.2) is 0 Å². The van der Waals surface area contributed by atoms with E-state index in [0.717, 1.165) is 17.1 Å².